The summed E-state index contributed by atoms with van der Waals surface area (Å²) in [4.78, 5) is 26.5. The van der Waals surface area contributed by atoms with Crippen LogP contribution in [0.15, 0.2) is 24.3 Å². The Balaban J connectivity index is 2.19. The van der Waals surface area contributed by atoms with E-state index in [9.17, 15) is 9.59 Å². The minimum absolute atomic E-state index is 0.255. The van der Waals surface area contributed by atoms with E-state index in [2.05, 4.69) is 0 Å². The van der Waals surface area contributed by atoms with Crippen molar-refractivity contribution in [2.75, 3.05) is 24.5 Å². The molecule has 2 amide bonds. The topological polar surface area (TPSA) is 60.9 Å². The van der Waals surface area contributed by atoms with Crippen LogP contribution in [0.5, 0.6) is 0 Å². The molecule has 5 nitrogen and oxygen atoms in total. The van der Waals surface area contributed by atoms with E-state index in [4.69, 9.17) is 16.7 Å². The Kier molecular flexibility index (Phi) is 4.84. The second-order valence-corrected chi connectivity index (χ2v) is 5.22. The van der Waals surface area contributed by atoms with Crippen LogP contribution in [-0.2, 0) is 4.79 Å². The van der Waals surface area contributed by atoms with Gasteiger partial charge in [-0.1, -0.05) is 11.6 Å². The molecule has 0 saturated carbocycles. The highest BCUT2D eigenvalue weighted by atomic mass is 35.5. The molecule has 0 atom stereocenters. The number of carbonyl (C=O) groups is 2. The number of piperidine rings is 1. The summed E-state index contributed by atoms with van der Waals surface area (Å²) in [6, 6.07) is 6.36. The van der Waals surface area contributed by atoms with E-state index in [0.717, 1.165) is 19.3 Å². The predicted octanol–water partition coefficient (Wildman–Crippen LogP) is 2.84. The number of nitrogens with zero attached hydrogens (tertiary/aromatic N) is 2. The lowest BCUT2D eigenvalue weighted by atomic mass is 10.1. The van der Waals surface area contributed by atoms with Gasteiger partial charge in [0.2, 0.25) is 0 Å². The largest absolute Gasteiger partial charge is 0.480 e. The second-order valence-electron chi connectivity index (χ2n) is 4.79. The minimum Gasteiger partial charge on any atom is -0.480 e. The molecule has 0 aliphatic carbocycles. The molecule has 0 aromatic heterocycles. The van der Waals surface area contributed by atoms with Crippen LogP contribution in [0.2, 0.25) is 5.02 Å². The highest BCUT2D eigenvalue weighted by molar-refractivity contribution is 6.30. The maximum Gasteiger partial charge on any atom is 0.325 e. The summed E-state index contributed by atoms with van der Waals surface area (Å²) in [5, 5.41) is 9.56. The summed E-state index contributed by atoms with van der Waals surface area (Å²) in [5.41, 5.74) is 0.548. The van der Waals surface area contributed by atoms with Crippen molar-refractivity contribution in [2.24, 2.45) is 0 Å². The molecule has 1 aliphatic rings. The maximum absolute atomic E-state index is 12.5. The van der Waals surface area contributed by atoms with Crippen molar-refractivity contribution in [1.82, 2.24) is 4.90 Å². The van der Waals surface area contributed by atoms with Gasteiger partial charge in [0.15, 0.2) is 0 Å². The van der Waals surface area contributed by atoms with Crippen molar-refractivity contribution in [2.45, 2.75) is 19.3 Å². The fraction of sp³-hybridized carbons (Fsp3) is 0.429. The van der Waals surface area contributed by atoms with E-state index in [-0.39, 0.29) is 12.6 Å². The van der Waals surface area contributed by atoms with Gasteiger partial charge in [0.25, 0.3) is 0 Å². The molecular formula is C14H17ClN2O3. The molecule has 6 heteroatoms. The van der Waals surface area contributed by atoms with Crippen LogP contribution in [0.4, 0.5) is 10.5 Å². The summed E-state index contributed by atoms with van der Waals surface area (Å²) < 4.78 is 0. The number of benzene rings is 1. The number of likely N-dealkylation sites (tertiary alicyclic amines) is 1. The molecule has 1 aromatic carbocycles. The number of amides is 2. The average Bonchev–Trinajstić information content (AvgIpc) is 2.46. The fourth-order valence-corrected chi connectivity index (χ4v) is 2.41. The summed E-state index contributed by atoms with van der Waals surface area (Å²) >= 11 is 5.82. The van der Waals surface area contributed by atoms with E-state index in [0.29, 0.717) is 23.8 Å². The number of hydrogen-bond donors (Lipinski definition) is 1. The molecule has 0 radical (unpaired) electrons. The Bertz CT molecular complexity index is 484. The van der Waals surface area contributed by atoms with Crippen molar-refractivity contribution in [1.29, 1.82) is 0 Å². The lowest BCUT2D eigenvalue weighted by molar-refractivity contribution is -0.135. The summed E-state index contributed by atoms with van der Waals surface area (Å²) in [6.45, 7) is 1.02. The summed E-state index contributed by atoms with van der Waals surface area (Å²) in [7, 11) is 0. The molecule has 1 fully saturated rings. The number of hydrogen-bond acceptors (Lipinski definition) is 2. The van der Waals surface area contributed by atoms with E-state index < -0.39 is 5.97 Å². The van der Waals surface area contributed by atoms with Gasteiger partial charge in [-0.15, -0.1) is 0 Å². The van der Waals surface area contributed by atoms with Crippen molar-refractivity contribution < 1.29 is 14.7 Å². The van der Waals surface area contributed by atoms with Gasteiger partial charge in [0.1, 0.15) is 6.54 Å². The first-order chi connectivity index (χ1) is 9.58. The lowest BCUT2D eigenvalue weighted by Crippen LogP contribution is -2.47. The molecule has 2 rings (SSSR count). The van der Waals surface area contributed by atoms with Gasteiger partial charge < -0.3 is 10.0 Å². The van der Waals surface area contributed by atoms with Crippen LogP contribution in [-0.4, -0.2) is 41.6 Å². The molecule has 1 aromatic rings. The van der Waals surface area contributed by atoms with Crippen molar-refractivity contribution in [3.05, 3.63) is 29.3 Å². The van der Waals surface area contributed by atoms with Gasteiger partial charge in [-0.3, -0.25) is 9.69 Å². The van der Waals surface area contributed by atoms with Gasteiger partial charge in [-0.05, 0) is 43.5 Å². The third-order valence-electron chi connectivity index (χ3n) is 3.29. The molecule has 1 aliphatic heterocycles. The molecule has 1 N–H and O–H groups in total. The number of urea groups is 1. The Hall–Kier alpha value is -1.75. The van der Waals surface area contributed by atoms with Gasteiger partial charge >= 0.3 is 12.0 Å². The fourth-order valence-electron chi connectivity index (χ4n) is 2.28. The van der Waals surface area contributed by atoms with E-state index in [1.165, 1.54) is 4.90 Å². The molecule has 1 heterocycles. The molecule has 108 valence electrons. The van der Waals surface area contributed by atoms with Crippen LogP contribution >= 0.6 is 11.6 Å². The quantitative estimate of drug-likeness (QED) is 0.933. The van der Waals surface area contributed by atoms with Gasteiger partial charge in [0, 0.05) is 23.8 Å². The van der Waals surface area contributed by atoms with Crippen LogP contribution in [0, 0.1) is 0 Å². The molecular weight excluding hydrogens is 280 g/mol. The Morgan fingerprint density at radius 1 is 1.15 bits per heavy atom. The van der Waals surface area contributed by atoms with Crippen molar-refractivity contribution in [3.63, 3.8) is 0 Å². The Labute approximate surface area is 122 Å². The van der Waals surface area contributed by atoms with E-state index >= 15 is 0 Å². The van der Waals surface area contributed by atoms with Crippen LogP contribution in [0.25, 0.3) is 0 Å². The highest BCUT2D eigenvalue weighted by Crippen LogP contribution is 2.20. The number of halogens is 1. The van der Waals surface area contributed by atoms with Crippen molar-refractivity contribution in [3.8, 4) is 0 Å². The smallest absolute Gasteiger partial charge is 0.325 e. The first-order valence-corrected chi connectivity index (χ1v) is 6.99. The van der Waals surface area contributed by atoms with Gasteiger partial charge in [0.05, 0.1) is 0 Å². The maximum atomic E-state index is 12.5. The number of rotatable bonds is 3. The summed E-state index contributed by atoms with van der Waals surface area (Å²) in [6.07, 6.45) is 3.05. The molecule has 0 unspecified atom stereocenters. The minimum atomic E-state index is -1.04. The number of anilines is 1. The number of carboxylic acid groups (broad SMARTS) is 1. The zero-order valence-electron chi connectivity index (χ0n) is 11.1. The molecule has 1 saturated heterocycles. The number of aliphatic carboxylic acids is 1. The van der Waals surface area contributed by atoms with Gasteiger partial charge in [-0.2, -0.15) is 0 Å². The van der Waals surface area contributed by atoms with E-state index in [1.54, 1.807) is 29.2 Å². The number of carbonyl (C=O) groups excluding carboxylic acids is 1. The molecule has 0 bridgehead atoms. The summed E-state index contributed by atoms with van der Waals surface area (Å²) in [5.74, 6) is -1.04. The lowest BCUT2D eigenvalue weighted by Gasteiger charge is -2.32. The zero-order valence-corrected chi connectivity index (χ0v) is 11.8. The first kappa shape index (κ1) is 14.7. The van der Waals surface area contributed by atoms with Crippen LogP contribution in [0.3, 0.4) is 0 Å². The second kappa shape index (κ2) is 6.61. The highest BCUT2D eigenvalue weighted by Gasteiger charge is 2.25. The average molecular weight is 297 g/mol. The Morgan fingerprint density at radius 2 is 1.75 bits per heavy atom. The zero-order chi connectivity index (χ0) is 14.5. The van der Waals surface area contributed by atoms with Crippen molar-refractivity contribution >= 4 is 29.3 Å². The standard InChI is InChI=1S/C14H17ClN2O3/c15-11-4-6-12(7-5-11)17(10-13(18)19)14(20)16-8-2-1-3-9-16/h4-7H,1-3,8-10H2,(H,18,19). The number of carboxylic acids is 1. The predicted molar refractivity (Wildman–Crippen MR) is 77.3 cm³/mol. The van der Waals surface area contributed by atoms with E-state index in [1.807, 2.05) is 0 Å². The van der Waals surface area contributed by atoms with Crippen LogP contribution < -0.4 is 4.90 Å². The Morgan fingerprint density at radius 3 is 2.30 bits per heavy atom. The molecule has 0 spiro atoms. The normalized spacial score (nSPS) is 14.9. The SMILES string of the molecule is O=C(O)CN(C(=O)N1CCCCC1)c1ccc(Cl)cc1. The van der Waals surface area contributed by atoms with Gasteiger partial charge in [-0.25, -0.2) is 4.79 Å². The van der Waals surface area contributed by atoms with Crippen LogP contribution in [0.1, 0.15) is 19.3 Å². The monoisotopic (exact) mass is 296 g/mol. The third kappa shape index (κ3) is 3.63. The molecule has 20 heavy (non-hydrogen) atoms. The first-order valence-electron chi connectivity index (χ1n) is 6.62. The third-order valence-corrected chi connectivity index (χ3v) is 3.54.